The van der Waals surface area contributed by atoms with Crippen LogP contribution in [-0.4, -0.2) is 12.6 Å². The predicted octanol–water partition coefficient (Wildman–Crippen LogP) is 4.65. The summed E-state index contributed by atoms with van der Waals surface area (Å²) in [7, 11) is 0. The topological polar surface area (TPSA) is 12.0 Å². The minimum Gasteiger partial charge on any atom is -0.314 e. The van der Waals surface area contributed by atoms with Crippen LogP contribution in [0.4, 0.5) is 0 Å². The highest BCUT2D eigenvalue weighted by Gasteiger charge is 2.04. The van der Waals surface area contributed by atoms with Gasteiger partial charge in [0, 0.05) is 10.9 Å². The van der Waals surface area contributed by atoms with Crippen LogP contribution in [0.3, 0.4) is 0 Å². The summed E-state index contributed by atoms with van der Waals surface area (Å²) in [6.45, 7) is 7.72. The van der Waals surface area contributed by atoms with Crippen LogP contribution in [0.1, 0.15) is 30.7 Å². The van der Waals surface area contributed by atoms with E-state index in [-0.39, 0.29) is 0 Å². The Bertz CT molecular complexity index is 498. The van der Waals surface area contributed by atoms with Crippen molar-refractivity contribution < 1.29 is 0 Å². The summed E-state index contributed by atoms with van der Waals surface area (Å²) >= 11 is 1.81. The molecule has 1 atom stereocenters. The number of rotatable bonds is 6. The lowest BCUT2D eigenvalue weighted by Crippen LogP contribution is -2.28. The first-order valence-electron chi connectivity index (χ1n) is 7.07. The van der Waals surface area contributed by atoms with Crippen LogP contribution in [0, 0.1) is 6.92 Å². The van der Waals surface area contributed by atoms with Gasteiger partial charge in [-0.2, -0.15) is 0 Å². The largest absolute Gasteiger partial charge is 0.314 e. The molecule has 1 unspecified atom stereocenters. The number of aryl methyl sites for hydroxylation is 1. The van der Waals surface area contributed by atoms with Gasteiger partial charge < -0.3 is 5.32 Å². The minimum atomic E-state index is 0.550. The van der Waals surface area contributed by atoms with Gasteiger partial charge in [0.2, 0.25) is 0 Å². The van der Waals surface area contributed by atoms with Crippen LogP contribution in [0.2, 0.25) is 0 Å². The number of thiophene rings is 1. The van der Waals surface area contributed by atoms with Crippen molar-refractivity contribution in [3.8, 4) is 11.1 Å². The standard InChI is InChI=1S/C17H23NS/c1-4-9-18-13(2)10-15-5-7-16(8-6-15)17-11-14(3)19-12-17/h5-8,11-13,18H,4,9-10H2,1-3H3. The van der Waals surface area contributed by atoms with Gasteiger partial charge in [-0.05, 0) is 61.4 Å². The second kappa shape index (κ2) is 6.88. The molecular formula is C17H23NS. The molecule has 0 aliphatic heterocycles. The molecule has 0 spiro atoms. The average Bonchev–Trinajstić information content (AvgIpc) is 2.84. The summed E-state index contributed by atoms with van der Waals surface area (Å²) in [4.78, 5) is 1.37. The molecule has 2 heteroatoms. The van der Waals surface area contributed by atoms with Crippen LogP contribution in [0.5, 0.6) is 0 Å². The smallest absolute Gasteiger partial charge is 0.00791 e. The van der Waals surface area contributed by atoms with E-state index < -0.39 is 0 Å². The molecule has 0 saturated heterocycles. The summed E-state index contributed by atoms with van der Waals surface area (Å²) < 4.78 is 0. The number of benzene rings is 1. The quantitative estimate of drug-likeness (QED) is 0.807. The second-order valence-corrected chi connectivity index (χ2v) is 6.32. The van der Waals surface area contributed by atoms with Gasteiger partial charge in [-0.15, -0.1) is 11.3 Å². The Morgan fingerprint density at radius 2 is 1.89 bits per heavy atom. The van der Waals surface area contributed by atoms with E-state index in [1.165, 1.54) is 28.0 Å². The molecule has 0 aliphatic rings. The average molecular weight is 273 g/mol. The first-order chi connectivity index (χ1) is 9.19. The lowest BCUT2D eigenvalue weighted by atomic mass is 10.0. The van der Waals surface area contributed by atoms with Gasteiger partial charge in [0.25, 0.3) is 0 Å². The van der Waals surface area contributed by atoms with Crippen LogP contribution >= 0.6 is 11.3 Å². The molecule has 2 rings (SSSR count). The zero-order valence-electron chi connectivity index (χ0n) is 12.1. The molecular weight excluding hydrogens is 250 g/mol. The van der Waals surface area contributed by atoms with Crippen LogP contribution < -0.4 is 5.32 Å². The third kappa shape index (κ3) is 4.19. The first-order valence-corrected chi connectivity index (χ1v) is 7.95. The zero-order chi connectivity index (χ0) is 13.7. The second-order valence-electron chi connectivity index (χ2n) is 5.20. The van der Waals surface area contributed by atoms with Crippen LogP contribution in [-0.2, 0) is 6.42 Å². The molecule has 0 fully saturated rings. The summed E-state index contributed by atoms with van der Waals surface area (Å²) in [6, 6.07) is 11.8. The van der Waals surface area contributed by atoms with E-state index in [1.807, 2.05) is 11.3 Å². The molecule has 0 saturated carbocycles. The molecule has 1 heterocycles. The predicted molar refractivity (Wildman–Crippen MR) is 86.0 cm³/mol. The molecule has 0 bridgehead atoms. The van der Waals surface area contributed by atoms with Crippen molar-refractivity contribution in [1.29, 1.82) is 0 Å². The fourth-order valence-electron chi connectivity index (χ4n) is 2.24. The SMILES string of the molecule is CCCNC(C)Cc1ccc(-c2csc(C)c2)cc1. The van der Waals surface area contributed by atoms with Crippen molar-refractivity contribution >= 4 is 11.3 Å². The van der Waals surface area contributed by atoms with Gasteiger partial charge >= 0.3 is 0 Å². The van der Waals surface area contributed by atoms with E-state index in [1.54, 1.807) is 0 Å². The Hall–Kier alpha value is -1.12. The highest BCUT2D eigenvalue weighted by atomic mass is 32.1. The molecule has 1 aromatic heterocycles. The van der Waals surface area contributed by atoms with Crippen molar-refractivity contribution in [1.82, 2.24) is 5.32 Å². The molecule has 0 aliphatic carbocycles. The normalized spacial score (nSPS) is 12.6. The third-order valence-corrected chi connectivity index (χ3v) is 4.16. The maximum atomic E-state index is 3.53. The van der Waals surface area contributed by atoms with E-state index in [0.29, 0.717) is 6.04 Å². The van der Waals surface area contributed by atoms with Gasteiger partial charge in [0.15, 0.2) is 0 Å². The number of nitrogens with one attached hydrogen (secondary N) is 1. The molecule has 0 amide bonds. The Morgan fingerprint density at radius 1 is 1.16 bits per heavy atom. The van der Waals surface area contributed by atoms with Crippen molar-refractivity contribution in [3.63, 3.8) is 0 Å². The van der Waals surface area contributed by atoms with Gasteiger partial charge in [-0.25, -0.2) is 0 Å². The fourth-order valence-corrected chi connectivity index (χ4v) is 2.96. The molecule has 1 aromatic carbocycles. The molecule has 1 nitrogen and oxygen atoms in total. The third-order valence-electron chi connectivity index (χ3n) is 3.30. The van der Waals surface area contributed by atoms with E-state index in [0.717, 1.165) is 13.0 Å². The fraction of sp³-hybridized carbons (Fsp3) is 0.412. The monoisotopic (exact) mass is 273 g/mol. The molecule has 1 N–H and O–H groups in total. The molecule has 102 valence electrons. The summed E-state index contributed by atoms with van der Waals surface area (Å²) in [6.07, 6.45) is 2.30. The van der Waals surface area contributed by atoms with E-state index in [9.17, 15) is 0 Å². The highest BCUT2D eigenvalue weighted by Crippen LogP contribution is 2.25. The summed E-state index contributed by atoms with van der Waals surface area (Å²) in [5.74, 6) is 0. The van der Waals surface area contributed by atoms with Gasteiger partial charge in [-0.1, -0.05) is 31.2 Å². The Balaban J connectivity index is 1.98. The van der Waals surface area contributed by atoms with Crippen molar-refractivity contribution in [2.45, 2.75) is 39.7 Å². The number of hydrogen-bond donors (Lipinski definition) is 1. The van der Waals surface area contributed by atoms with Gasteiger partial charge in [-0.3, -0.25) is 0 Å². The molecule has 0 radical (unpaired) electrons. The summed E-state index contributed by atoms with van der Waals surface area (Å²) in [5, 5.41) is 5.76. The van der Waals surface area contributed by atoms with Gasteiger partial charge in [0.05, 0.1) is 0 Å². The van der Waals surface area contributed by atoms with Crippen molar-refractivity contribution in [3.05, 3.63) is 46.2 Å². The highest BCUT2D eigenvalue weighted by molar-refractivity contribution is 7.10. The zero-order valence-corrected chi connectivity index (χ0v) is 12.9. The van der Waals surface area contributed by atoms with Crippen LogP contribution in [0.25, 0.3) is 11.1 Å². The van der Waals surface area contributed by atoms with Crippen molar-refractivity contribution in [2.75, 3.05) is 6.54 Å². The number of hydrogen-bond acceptors (Lipinski definition) is 2. The lowest BCUT2D eigenvalue weighted by molar-refractivity contribution is 0.543. The maximum Gasteiger partial charge on any atom is 0.00791 e. The summed E-state index contributed by atoms with van der Waals surface area (Å²) in [5.41, 5.74) is 4.07. The van der Waals surface area contributed by atoms with E-state index >= 15 is 0 Å². The Morgan fingerprint density at radius 3 is 2.47 bits per heavy atom. The Kier molecular flexibility index (Phi) is 5.17. The molecule has 2 aromatic rings. The molecule has 19 heavy (non-hydrogen) atoms. The first kappa shape index (κ1) is 14.3. The lowest BCUT2D eigenvalue weighted by Gasteiger charge is -2.13. The van der Waals surface area contributed by atoms with Gasteiger partial charge in [0.1, 0.15) is 0 Å². The minimum absolute atomic E-state index is 0.550. The van der Waals surface area contributed by atoms with E-state index in [4.69, 9.17) is 0 Å². The maximum absolute atomic E-state index is 3.53. The Labute approximate surface area is 120 Å². The van der Waals surface area contributed by atoms with E-state index in [2.05, 4.69) is 61.8 Å². The van der Waals surface area contributed by atoms with Crippen LogP contribution in [0.15, 0.2) is 35.7 Å². The van der Waals surface area contributed by atoms with Crippen molar-refractivity contribution in [2.24, 2.45) is 0 Å².